The third-order valence-electron chi connectivity index (χ3n) is 4.01. The van der Waals surface area contributed by atoms with E-state index in [2.05, 4.69) is 4.90 Å². The molecule has 2 rings (SSSR count). The number of ether oxygens (including phenoxy) is 1. The molecule has 0 aromatic heterocycles. The molecule has 1 aliphatic rings. The summed E-state index contributed by atoms with van der Waals surface area (Å²) in [5.41, 5.74) is 0.590. The molecule has 1 aromatic rings. The Bertz CT molecular complexity index is 521. The fourth-order valence-electron chi connectivity index (χ4n) is 2.67. The van der Waals surface area contributed by atoms with Crippen molar-refractivity contribution in [2.24, 2.45) is 5.92 Å². The number of likely N-dealkylation sites (tertiary alicyclic amines) is 1. The molecule has 0 unspecified atom stereocenters. The van der Waals surface area contributed by atoms with Crippen molar-refractivity contribution in [3.63, 3.8) is 0 Å². The molecule has 1 amide bonds. The fraction of sp³-hybridized carbons (Fsp3) is 0.500. The standard InChI is InChI=1S/C16H22N2O4/c1-17-9-7-12(8-10-17)16(21)18(11-15(19)20)13-3-5-14(22-2)6-4-13/h3-6,12H,7-11H2,1-2H3,(H,19,20). The highest BCUT2D eigenvalue weighted by molar-refractivity contribution is 5.98. The summed E-state index contributed by atoms with van der Waals surface area (Å²) in [6, 6.07) is 6.89. The van der Waals surface area contributed by atoms with Gasteiger partial charge >= 0.3 is 5.97 Å². The van der Waals surface area contributed by atoms with Gasteiger partial charge in [0, 0.05) is 11.6 Å². The molecule has 0 radical (unpaired) electrons. The number of hydrogen-bond acceptors (Lipinski definition) is 4. The first-order chi connectivity index (χ1) is 10.5. The molecule has 0 spiro atoms. The Morgan fingerprint density at radius 2 is 1.86 bits per heavy atom. The first kappa shape index (κ1) is 16.3. The number of hydrogen-bond donors (Lipinski definition) is 1. The summed E-state index contributed by atoms with van der Waals surface area (Å²) in [5.74, 6) is -0.568. The van der Waals surface area contributed by atoms with Crippen LogP contribution < -0.4 is 9.64 Å². The molecule has 1 N–H and O–H groups in total. The molecule has 6 heteroatoms. The molecule has 1 aromatic carbocycles. The van der Waals surface area contributed by atoms with E-state index in [0.717, 1.165) is 25.9 Å². The number of rotatable bonds is 5. The zero-order valence-electron chi connectivity index (χ0n) is 13.0. The van der Waals surface area contributed by atoms with Gasteiger partial charge < -0.3 is 19.6 Å². The maximum atomic E-state index is 12.7. The van der Waals surface area contributed by atoms with Gasteiger partial charge in [0.2, 0.25) is 5.91 Å². The number of benzene rings is 1. The van der Waals surface area contributed by atoms with E-state index in [9.17, 15) is 9.59 Å². The summed E-state index contributed by atoms with van der Waals surface area (Å²) < 4.78 is 5.09. The van der Waals surface area contributed by atoms with E-state index in [1.54, 1.807) is 31.4 Å². The van der Waals surface area contributed by atoms with Crippen LogP contribution in [-0.2, 0) is 9.59 Å². The molecular formula is C16H22N2O4. The van der Waals surface area contributed by atoms with Crippen molar-refractivity contribution < 1.29 is 19.4 Å². The van der Waals surface area contributed by atoms with Crippen LogP contribution in [0.25, 0.3) is 0 Å². The smallest absolute Gasteiger partial charge is 0.323 e. The highest BCUT2D eigenvalue weighted by Crippen LogP contribution is 2.24. The van der Waals surface area contributed by atoms with Gasteiger partial charge in [-0.3, -0.25) is 9.59 Å². The Morgan fingerprint density at radius 3 is 2.36 bits per heavy atom. The van der Waals surface area contributed by atoms with Crippen molar-refractivity contribution >= 4 is 17.6 Å². The monoisotopic (exact) mass is 306 g/mol. The maximum absolute atomic E-state index is 12.7. The zero-order valence-corrected chi connectivity index (χ0v) is 13.0. The van der Waals surface area contributed by atoms with Gasteiger partial charge in [0.25, 0.3) is 0 Å². The molecule has 1 saturated heterocycles. The predicted octanol–water partition coefficient (Wildman–Crippen LogP) is 1.45. The zero-order chi connectivity index (χ0) is 16.1. The number of carbonyl (C=O) groups is 2. The number of aliphatic carboxylic acids is 1. The van der Waals surface area contributed by atoms with E-state index in [0.29, 0.717) is 11.4 Å². The van der Waals surface area contributed by atoms with Gasteiger partial charge in [0.15, 0.2) is 0 Å². The van der Waals surface area contributed by atoms with Gasteiger partial charge in [0.1, 0.15) is 12.3 Å². The molecule has 22 heavy (non-hydrogen) atoms. The summed E-state index contributed by atoms with van der Waals surface area (Å²) >= 11 is 0. The average Bonchev–Trinajstić information content (AvgIpc) is 2.53. The van der Waals surface area contributed by atoms with Crippen LogP contribution >= 0.6 is 0 Å². The summed E-state index contributed by atoms with van der Waals surface area (Å²) in [5, 5.41) is 9.11. The Labute approximate surface area is 130 Å². The van der Waals surface area contributed by atoms with Crippen LogP contribution in [0, 0.1) is 5.92 Å². The Hall–Kier alpha value is -2.08. The van der Waals surface area contributed by atoms with E-state index < -0.39 is 5.97 Å². The molecule has 0 saturated carbocycles. The highest BCUT2D eigenvalue weighted by Gasteiger charge is 2.29. The third kappa shape index (κ3) is 3.98. The Kier molecular flexibility index (Phi) is 5.38. The topological polar surface area (TPSA) is 70.1 Å². The lowest BCUT2D eigenvalue weighted by Gasteiger charge is -2.32. The van der Waals surface area contributed by atoms with Crippen LogP contribution in [0.5, 0.6) is 5.75 Å². The van der Waals surface area contributed by atoms with Crippen LogP contribution in [0.1, 0.15) is 12.8 Å². The van der Waals surface area contributed by atoms with E-state index in [-0.39, 0.29) is 18.4 Å². The summed E-state index contributed by atoms with van der Waals surface area (Å²) in [6.45, 7) is 1.40. The highest BCUT2D eigenvalue weighted by atomic mass is 16.5. The summed E-state index contributed by atoms with van der Waals surface area (Å²) in [4.78, 5) is 27.4. The molecule has 120 valence electrons. The lowest BCUT2D eigenvalue weighted by molar-refractivity contribution is -0.137. The van der Waals surface area contributed by atoms with Crippen LogP contribution in [-0.4, -0.2) is 55.7 Å². The average molecular weight is 306 g/mol. The minimum absolute atomic E-state index is 0.110. The van der Waals surface area contributed by atoms with Crippen LogP contribution in [0.4, 0.5) is 5.69 Å². The van der Waals surface area contributed by atoms with Gasteiger partial charge in [0.05, 0.1) is 7.11 Å². The summed E-state index contributed by atoms with van der Waals surface area (Å²) in [6.07, 6.45) is 1.53. The number of amides is 1. The van der Waals surface area contributed by atoms with Crippen LogP contribution in [0.15, 0.2) is 24.3 Å². The van der Waals surface area contributed by atoms with Crippen molar-refractivity contribution in [1.29, 1.82) is 0 Å². The number of carboxylic acids is 1. The number of carbonyl (C=O) groups excluding carboxylic acids is 1. The second kappa shape index (κ2) is 7.26. The van der Waals surface area contributed by atoms with E-state index in [1.165, 1.54) is 4.90 Å². The largest absolute Gasteiger partial charge is 0.497 e. The van der Waals surface area contributed by atoms with Crippen LogP contribution in [0.2, 0.25) is 0 Å². The second-order valence-corrected chi connectivity index (χ2v) is 5.59. The van der Waals surface area contributed by atoms with Crippen molar-refractivity contribution in [3.8, 4) is 5.75 Å². The molecule has 6 nitrogen and oxygen atoms in total. The van der Waals surface area contributed by atoms with Gasteiger partial charge in [-0.25, -0.2) is 0 Å². The minimum atomic E-state index is -1.02. The molecule has 0 bridgehead atoms. The number of piperidine rings is 1. The van der Waals surface area contributed by atoms with E-state index in [1.807, 2.05) is 7.05 Å². The molecule has 1 heterocycles. The summed E-state index contributed by atoms with van der Waals surface area (Å²) in [7, 11) is 3.59. The van der Waals surface area contributed by atoms with Gasteiger partial charge in [-0.05, 0) is 57.2 Å². The SMILES string of the molecule is COc1ccc(N(CC(=O)O)C(=O)C2CCN(C)CC2)cc1. The lowest BCUT2D eigenvalue weighted by Crippen LogP contribution is -2.43. The van der Waals surface area contributed by atoms with E-state index >= 15 is 0 Å². The van der Waals surface area contributed by atoms with Crippen molar-refractivity contribution in [1.82, 2.24) is 4.90 Å². The van der Waals surface area contributed by atoms with Gasteiger partial charge in [-0.1, -0.05) is 0 Å². The molecule has 0 atom stereocenters. The predicted molar refractivity (Wildman–Crippen MR) is 83.2 cm³/mol. The quantitative estimate of drug-likeness (QED) is 0.891. The van der Waals surface area contributed by atoms with Crippen molar-refractivity contribution in [2.75, 3.05) is 38.7 Å². The molecule has 1 aliphatic heterocycles. The maximum Gasteiger partial charge on any atom is 0.323 e. The normalized spacial score (nSPS) is 16.3. The van der Waals surface area contributed by atoms with Crippen molar-refractivity contribution in [2.45, 2.75) is 12.8 Å². The number of methoxy groups -OCH3 is 1. The number of anilines is 1. The number of carboxylic acid groups (broad SMARTS) is 1. The Balaban J connectivity index is 2.17. The lowest BCUT2D eigenvalue weighted by atomic mass is 9.95. The van der Waals surface area contributed by atoms with E-state index in [4.69, 9.17) is 9.84 Å². The number of nitrogens with zero attached hydrogens (tertiary/aromatic N) is 2. The fourth-order valence-corrected chi connectivity index (χ4v) is 2.67. The third-order valence-corrected chi connectivity index (χ3v) is 4.01. The second-order valence-electron chi connectivity index (χ2n) is 5.59. The van der Waals surface area contributed by atoms with Crippen molar-refractivity contribution in [3.05, 3.63) is 24.3 Å². The minimum Gasteiger partial charge on any atom is -0.497 e. The van der Waals surface area contributed by atoms with Gasteiger partial charge in [-0.15, -0.1) is 0 Å². The molecule has 1 fully saturated rings. The Morgan fingerprint density at radius 1 is 1.27 bits per heavy atom. The molecular weight excluding hydrogens is 284 g/mol. The first-order valence-corrected chi connectivity index (χ1v) is 7.37. The first-order valence-electron chi connectivity index (χ1n) is 7.37. The van der Waals surface area contributed by atoms with Gasteiger partial charge in [-0.2, -0.15) is 0 Å². The molecule has 0 aliphatic carbocycles. The van der Waals surface area contributed by atoms with Crippen LogP contribution in [0.3, 0.4) is 0 Å².